The van der Waals surface area contributed by atoms with E-state index in [0.29, 0.717) is 6.04 Å². The van der Waals surface area contributed by atoms with Crippen molar-refractivity contribution >= 4 is 0 Å². The molecule has 1 fully saturated rings. The molecule has 1 aliphatic carbocycles. The molecule has 0 amide bonds. The minimum absolute atomic E-state index is 0.543. The summed E-state index contributed by atoms with van der Waals surface area (Å²) in [5.74, 6) is 0.815. The standard InChI is InChI=1S/C18H27NO/c1-2-10-19-18(14-6-4-3-5-7-14)15-8-9-16-12-20-13-17(16)11-15/h8-9,11,14,18-19H,2-7,10,12-13H2,1H3. The summed E-state index contributed by atoms with van der Waals surface area (Å²) in [4.78, 5) is 0. The van der Waals surface area contributed by atoms with E-state index in [1.165, 1.54) is 55.2 Å². The molecule has 2 heteroatoms. The van der Waals surface area contributed by atoms with Crippen LogP contribution in [0, 0.1) is 5.92 Å². The van der Waals surface area contributed by atoms with Gasteiger partial charge in [-0.25, -0.2) is 0 Å². The van der Waals surface area contributed by atoms with Gasteiger partial charge >= 0.3 is 0 Å². The first-order chi connectivity index (χ1) is 9.88. The fourth-order valence-electron chi connectivity index (χ4n) is 3.71. The zero-order valence-corrected chi connectivity index (χ0v) is 12.7. The largest absolute Gasteiger partial charge is 0.372 e. The molecular formula is C18H27NO. The molecule has 0 spiro atoms. The topological polar surface area (TPSA) is 21.3 Å². The first kappa shape index (κ1) is 14.1. The van der Waals surface area contributed by atoms with Crippen LogP contribution in [0.1, 0.15) is 68.2 Å². The summed E-state index contributed by atoms with van der Waals surface area (Å²) in [6.45, 7) is 4.97. The van der Waals surface area contributed by atoms with Gasteiger partial charge in [-0.1, -0.05) is 44.4 Å². The van der Waals surface area contributed by atoms with Crippen LogP contribution in [0.15, 0.2) is 18.2 Å². The summed E-state index contributed by atoms with van der Waals surface area (Å²) in [6.07, 6.45) is 8.21. The maximum atomic E-state index is 5.56. The van der Waals surface area contributed by atoms with Crippen molar-refractivity contribution in [3.8, 4) is 0 Å². The van der Waals surface area contributed by atoms with E-state index >= 15 is 0 Å². The Bertz CT molecular complexity index is 437. The van der Waals surface area contributed by atoms with Gasteiger partial charge in [-0.2, -0.15) is 0 Å². The van der Waals surface area contributed by atoms with Crippen LogP contribution in [0.5, 0.6) is 0 Å². The number of fused-ring (bicyclic) bond motifs is 1. The molecular weight excluding hydrogens is 246 g/mol. The molecule has 1 aromatic carbocycles. The number of benzene rings is 1. The summed E-state index contributed by atoms with van der Waals surface area (Å²) in [6, 6.07) is 7.54. The van der Waals surface area contributed by atoms with Gasteiger partial charge < -0.3 is 10.1 Å². The second kappa shape index (κ2) is 6.73. The van der Waals surface area contributed by atoms with E-state index in [1.807, 2.05) is 0 Å². The molecule has 0 aromatic heterocycles. The molecule has 1 atom stereocenters. The molecule has 1 heterocycles. The van der Waals surface area contributed by atoms with Gasteiger partial charge in [0.05, 0.1) is 13.2 Å². The molecule has 1 saturated carbocycles. The molecule has 2 nitrogen and oxygen atoms in total. The summed E-state index contributed by atoms with van der Waals surface area (Å²) in [5.41, 5.74) is 4.27. The number of nitrogens with one attached hydrogen (secondary N) is 1. The van der Waals surface area contributed by atoms with Gasteiger partial charge in [0.1, 0.15) is 0 Å². The van der Waals surface area contributed by atoms with Gasteiger partial charge in [-0.05, 0) is 48.4 Å². The fourth-order valence-corrected chi connectivity index (χ4v) is 3.71. The molecule has 1 aromatic rings. The quantitative estimate of drug-likeness (QED) is 0.861. The van der Waals surface area contributed by atoms with E-state index in [0.717, 1.165) is 25.7 Å². The molecule has 0 bridgehead atoms. The second-order valence-corrected chi connectivity index (χ2v) is 6.35. The molecule has 3 rings (SSSR count). The van der Waals surface area contributed by atoms with E-state index in [-0.39, 0.29) is 0 Å². The SMILES string of the molecule is CCCNC(c1ccc2c(c1)COC2)C1CCCCC1. The minimum Gasteiger partial charge on any atom is -0.372 e. The number of hydrogen-bond acceptors (Lipinski definition) is 2. The second-order valence-electron chi connectivity index (χ2n) is 6.35. The summed E-state index contributed by atoms with van der Waals surface area (Å²) >= 11 is 0. The Morgan fingerprint density at radius 2 is 1.95 bits per heavy atom. The van der Waals surface area contributed by atoms with Gasteiger partial charge in [0.2, 0.25) is 0 Å². The minimum atomic E-state index is 0.543. The van der Waals surface area contributed by atoms with Gasteiger partial charge in [0.15, 0.2) is 0 Å². The van der Waals surface area contributed by atoms with Crippen molar-refractivity contribution in [1.29, 1.82) is 0 Å². The predicted molar refractivity (Wildman–Crippen MR) is 82.5 cm³/mol. The van der Waals surface area contributed by atoms with Crippen LogP contribution in [0.25, 0.3) is 0 Å². The van der Waals surface area contributed by atoms with Crippen molar-refractivity contribution in [1.82, 2.24) is 5.32 Å². The number of ether oxygens (including phenoxy) is 1. The lowest BCUT2D eigenvalue weighted by molar-refractivity contribution is 0.134. The Labute approximate surface area is 122 Å². The number of rotatable bonds is 5. The highest BCUT2D eigenvalue weighted by Crippen LogP contribution is 2.35. The zero-order chi connectivity index (χ0) is 13.8. The Hall–Kier alpha value is -0.860. The Kier molecular flexibility index (Phi) is 4.74. The highest BCUT2D eigenvalue weighted by molar-refractivity contribution is 5.35. The van der Waals surface area contributed by atoms with Crippen LogP contribution in [0.4, 0.5) is 0 Å². The monoisotopic (exact) mass is 273 g/mol. The van der Waals surface area contributed by atoms with Crippen molar-refractivity contribution in [2.45, 2.75) is 64.7 Å². The Morgan fingerprint density at radius 3 is 2.75 bits per heavy atom. The van der Waals surface area contributed by atoms with Crippen LogP contribution in [-0.2, 0) is 18.0 Å². The molecule has 110 valence electrons. The molecule has 1 unspecified atom stereocenters. The van der Waals surface area contributed by atoms with Gasteiger partial charge in [0, 0.05) is 6.04 Å². The lowest BCUT2D eigenvalue weighted by Crippen LogP contribution is -2.30. The molecule has 2 aliphatic rings. The third-order valence-electron chi connectivity index (χ3n) is 4.84. The van der Waals surface area contributed by atoms with Crippen molar-refractivity contribution in [2.75, 3.05) is 6.54 Å². The van der Waals surface area contributed by atoms with Crippen molar-refractivity contribution < 1.29 is 4.74 Å². The lowest BCUT2D eigenvalue weighted by atomic mass is 9.80. The van der Waals surface area contributed by atoms with E-state index in [1.54, 1.807) is 0 Å². The van der Waals surface area contributed by atoms with Gasteiger partial charge in [-0.3, -0.25) is 0 Å². The predicted octanol–water partition coefficient (Wildman–Crippen LogP) is 4.34. The Morgan fingerprint density at radius 1 is 1.15 bits per heavy atom. The molecule has 20 heavy (non-hydrogen) atoms. The fraction of sp³-hybridized carbons (Fsp3) is 0.667. The zero-order valence-electron chi connectivity index (χ0n) is 12.7. The van der Waals surface area contributed by atoms with Crippen molar-refractivity contribution in [3.63, 3.8) is 0 Å². The van der Waals surface area contributed by atoms with E-state index in [4.69, 9.17) is 4.74 Å². The third kappa shape index (κ3) is 3.07. The van der Waals surface area contributed by atoms with E-state index in [2.05, 4.69) is 30.4 Å². The summed E-state index contributed by atoms with van der Waals surface area (Å²) < 4.78 is 5.56. The lowest BCUT2D eigenvalue weighted by Gasteiger charge is -2.31. The van der Waals surface area contributed by atoms with Crippen LogP contribution >= 0.6 is 0 Å². The van der Waals surface area contributed by atoms with E-state index in [9.17, 15) is 0 Å². The normalized spacial score (nSPS) is 20.9. The van der Waals surface area contributed by atoms with E-state index < -0.39 is 0 Å². The molecule has 0 saturated heterocycles. The van der Waals surface area contributed by atoms with Crippen LogP contribution in [0.2, 0.25) is 0 Å². The summed E-state index contributed by atoms with van der Waals surface area (Å²) in [7, 11) is 0. The highest BCUT2D eigenvalue weighted by Gasteiger charge is 2.25. The number of hydrogen-bond donors (Lipinski definition) is 1. The Balaban J connectivity index is 1.80. The average Bonchev–Trinajstić information content (AvgIpc) is 2.96. The highest BCUT2D eigenvalue weighted by atomic mass is 16.5. The smallest absolute Gasteiger partial charge is 0.0725 e. The van der Waals surface area contributed by atoms with Crippen molar-refractivity contribution in [2.24, 2.45) is 5.92 Å². The van der Waals surface area contributed by atoms with Gasteiger partial charge in [0.25, 0.3) is 0 Å². The third-order valence-corrected chi connectivity index (χ3v) is 4.84. The maximum Gasteiger partial charge on any atom is 0.0725 e. The average molecular weight is 273 g/mol. The van der Waals surface area contributed by atoms with Crippen LogP contribution in [-0.4, -0.2) is 6.54 Å². The summed E-state index contributed by atoms with van der Waals surface area (Å²) in [5, 5.41) is 3.81. The van der Waals surface area contributed by atoms with Gasteiger partial charge in [-0.15, -0.1) is 0 Å². The first-order valence-electron chi connectivity index (χ1n) is 8.31. The van der Waals surface area contributed by atoms with Crippen molar-refractivity contribution in [3.05, 3.63) is 34.9 Å². The maximum absolute atomic E-state index is 5.56. The molecule has 0 radical (unpaired) electrons. The van der Waals surface area contributed by atoms with Crippen LogP contribution < -0.4 is 5.32 Å². The van der Waals surface area contributed by atoms with Crippen LogP contribution in [0.3, 0.4) is 0 Å². The molecule has 1 aliphatic heterocycles. The molecule has 1 N–H and O–H groups in total. The first-order valence-corrected chi connectivity index (χ1v) is 8.31.